The normalized spacial score (nSPS) is 12.4. The molecule has 90 valence electrons. The van der Waals surface area contributed by atoms with Crippen molar-refractivity contribution in [2.45, 2.75) is 45.6 Å². The number of nitrogen functional groups attached to an aromatic ring is 1. The van der Waals surface area contributed by atoms with Crippen LogP contribution in [0, 0.1) is 0 Å². The van der Waals surface area contributed by atoms with Crippen molar-refractivity contribution in [1.82, 2.24) is 4.98 Å². The minimum Gasteiger partial charge on any atom is -0.396 e. The molecular weight excluding hydrogens is 266 g/mol. The molecule has 1 rings (SSSR count). The van der Waals surface area contributed by atoms with Crippen molar-refractivity contribution in [2.24, 2.45) is 0 Å². The van der Waals surface area contributed by atoms with Gasteiger partial charge < -0.3 is 11.1 Å². The van der Waals surface area contributed by atoms with E-state index in [9.17, 15) is 0 Å². The number of unbranched alkanes of at least 4 members (excludes halogenated alkanes) is 2. The molecule has 1 atom stereocenters. The third-order valence-corrected chi connectivity index (χ3v) is 2.94. The molecule has 1 aromatic heterocycles. The average Bonchev–Trinajstić information content (AvgIpc) is 2.23. The molecule has 0 spiro atoms. The van der Waals surface area contributed by atoms with E-state index in [2.05, 4.69) is 40.1 Å². The zero-order valence-corrected chi connectivity index (χ0v) is 11.5. The molecule has 0 aromatic carbocycles. The Balaban J connectivity index is 2.46. The van der Waals surface area contributed by atoms with E-state index in [1.807, 2.05) is 6.07 Å². The Labute approximate surface area is 106 Å². The standard InChI is InChI=1S/C12H20BrN3/c1-3-4-5-6-9(2)16-12-11(14)7-10(13)8-15-12/h7-9H,3-6,14H2,1-2H3,(H,15,16). The van der Waals surface area contributed by atoms with Crippen molar-refractivity contribution in [3.8, 4) is 0 Å². The van der Waals surface area contributed by atoms with Crippen LogP contribution in [0.1, 0.15) is 39.5 Å². The summed E-state index contributed by atoms with van der Waals surface area (Å²) in [6.07, 6.45) is 6.71. The van der Waals surface area contributed by atoms with Crippen LogP contribution >= 0.6 is 15.9 Å². The molecule has 0 saturated heterocycles. The van der Waals surface area contributed by atoms with Crippen LogP contribution in [0.25, 0.3) is 0 Å². The zero-order chi connectivity index (χ0) is 12.0. The molecular formula is C12H20BrN3. The van der Waals surface area contributed by atoms with Crippen LogP contribution in [-0.4, -0.2) is 11.0 Å². The summed E-state index contributed by atoms with van der Waals surface area (Å²) in [4.78, 5) is 4.26. The van der Waals surface area contributed by atoms with Crippen LogP contribution in [0.2, 0.25) is 0 Å². The molecule has 0 aliphatic carbocycles. The van der Waals surface area contributed by atoms with E-state index in [-0.39, 0.29) is 0 Å². The van der Waals surface area contributed by atoms with Gasteiger partial charge in [0.05, 0.1) is 5.69 Å². The molecule has 0 bridgehead atoms. The number of anilines is 2. The van der Waals surface area contributed by atoms with Gasteiger partial charge in [0.25, 0.3) is 0 Å². The van der Waals surface area contributed by atoms with Crippen LogP contribution in [0.5, 0.6) is 0 Å². The Morgan fingerprint density at radius 2 is 2.25 bits per heavy atom. The summed E-state index contributed by atoms with van der Waals surface area (Å²) >= 11 is 3.34. The van der Waals surface area contributed by atoms with Crippen molar-refractivity contribution in [3.63, 3.8) is 0 Å². The van der Waals surface area contributed by atoms with E-state index >= 15 is 0 Å². The molecule has 0 saturated carbocycles. The lowest BCUT2D eigenvalue weighted by Gasteiger charge is -2.15. The third-order valence-electron chi connectivity index (χ3n) is 2.51. The molecule has 0 amide bonds. The summed E-state index contributed by atoms with van der Waals surface area (Å²) in [5.41, 5.74) is 6.56. The molecule has 0 aliphatic rings. The van der Waals surface area contributed by atoms with Gasteiger partial charge in [-0.25, -0.2) is 4.98 Å². The van der Waals surface area contributed by atoms with Crippen LogP contribution in [0.4, 0.5) is 11.5 Å². The minimum atomic E-state index is 0.419. The van der Waals surface area contributed by atoms with Gasteiger partial charge in [-0.2, -0.15) is 0 Å². The second-order valence-electron chi connectivity index (χ2n) is 4.13. The summed E-state index contributed by atoms with van der Waals surface area (Å²) in [6, 6.07) is 2.29. The first-order chi connectivity index (χ1) is 7.63. The number of nitrogens with zero attached hydrogens (tertiary/aromatic N) is 1. The number of pyridine rings is 1. The van der Waals surface area contributed by atoms with E-state index in [0.29, 0.717) is 11.7 Å². The van der Waals surface area contributed by atoms with Gasteiger partial charge in [0.1, 0.15) is 5.82 Å². The maximum Gasteiger partial charge on any atom is 0.149 e. The van der Waals surface area contributed by atoms with E-state index in [1.54, 1.807) is 6.20 Å². The van der Waals surface area contributed by atoms with Crippen molar-refractivity contribution in [2.75, 3.05) is 11.1 Å². The maximum absolute atomic E-state index is 5.87. The van der Waals surface area contributed by atoms with Crippen LogP contribution in [0.15, 0.2) is 16.7 Å². The Kier molecular flexibility index (Phi) is 5.60. The lowest BCUT2D eigenvalue weighted by Crippen LogP contribution is -2.17. The second-order valence-corrected chi connectivity index (χ2v) is 5.05. The van der Waals surface area contributed by atoms with Gasteiger partial charge in [-0.05, 0) is 35.3 Å². The van der Waals surface area contributed by atoms with Gasteiger partial charge in [-0.1, -0.05) is 26.2 Å². The Morgan fingerprint density at radius 1 is 1.50 bits per heavy atom. The molecule has 1 unspecified atom stereocenters. The fourth-order valence-electron chi connectivity index (χ4n) is 1.58. The van der Waals surface area contributed by atoms with Gasteiger partial charge in [-0.3, -0.25) is 0 Å². The quantitative estimate of drug-likeness (QED) is 0.782. The predicted molar refractivity (Wildman–Crippen MR) is 73.6 cm³/mol. The summed E-state index contributed by atoms with van der Waals surface area (Å²) < 4.78 is 0.911. The number of hydrogen-bond acceptors (Lipinski definition) is 3. The first-order valence-electron chi connectivity index (χ1n) is 5.81. The summed E-state index contributed by atoms with van der Waals surface area (Å²) in [5, 5.41) is 3.34. The highest BCUT2D eigenvalue weighted by molar-refractivity contribution is 9.10. The lowest BCUT2D eigenvalue weighted by molar-refractivity contribution is 0.614. The molecule has 4 heteroatoms. The van der Waals surface area contributed by atoms with Crippen molar-refractivity contribution in [3.05, 3.63) is 16.7 Å². The number of nitrogens with two attached hydrogens (primary N) is 1. The molecule has 0 aliphatic heterocycles. The Morgan fingerprint density at radius 3 is 2.88 bits per heavy atom. The van der Waals surface area contributed by atoms with Crippen molar-refractivity contribution < 1.29 is 0 Å². The Hall–Kier alpha value is -0.770. The molecule has 1 heterocycles. The summed E-state index contributed by atoms with van der Waals surface area (Å²) in [7, 11) is 0. The van der Waals surface area contributed by atoms with Crippen molar-refractivity contribution >= 4 is 27.4 Å². The highest BCUT2D eigenvalue weighted by atomic mass is 79.9. The van der Waals surface area contributed by atoms with Gasteiger partial charge in [0.15, 0.2) is 0 Å². The topological polar surface area (TPSA) is 50.9 Å². The molecule has 16 heavy (non-hydrogen) atoms. The predicted octanol–water partition coefficient (Wildman–Crippen LogP) is 3.81. The van der Waals surface area contributed by atoms with Crippen LogP contribution < -0.4 is 11.1 Å². The average molecular weight is 286 g/mol. The van der Waals surface area contributed by atoms with Crippen molar-refractivity contribution in [1.29, 1.82) is 0 Å². The first-order valence-corrected chi connectivity index (χ1v) is 6.60. The fourth-order valence-corrected chi connectivity index (χ4v) is 1.93. The maximum atomic E-state index is 5.87. The highest BCUT2D eigenvalue weighted by Crippen LogP contribution is 2.21. The monoisotopic (exact) mass is 285 g/mol. The zero-order valence-electron chi connectivity index (χ0n) is 9.96. The van der Waals surface area contributed by atoms with Crippen LogP contribution in [0.3, 0.4) is 0 Å². The summed E-state index contributed by atoms with van der Waals surface area (Å²) in [6.45, 7) is 4.38. The molecule has 1 aromatic rings. The SMILES string of the molecule is CCCCCC(C)Nc1ncc(Br)cc1N. The number of rotatable bonds is 6. The van der Waals surface area contributed by atoms with Crippen LogP contribution in [-0.2, 0) is 0 Å². The third kappa shape index (κ3) is 4.39. The fraction of sp³-hybridized carbons (Fsp3) is 0.583. The molecule has 0 radical (unpaired) electrons. The molecule has 3 N–H and O–H groups in total. The Bertz CT molecular complexity index is 328. The van der Waals surface area contributed by atoms with E-state index in [0.717, 1.165) is 16.7 Å². The minimum absolute atomic E-state index is 0.419. The van der Waals surface area contributed by atoms with Gasteiger partial charge in [0, 0.05) is 16.7 Å². The number of nitrogens with one attached hydrogen (secondary N) is 1. The van der Waals surface area contributed by atoms with E-state index in [4.69, 9.17) is 5.73 Å². The smallest absolute Gasteiger partial charge is 0.149 e. The largest absolute Gasteiger partial charge is 0.396 e. The van der Waals surface area contributed by atoms with Gasteiger partial charge >= 0.3 is 0 Å². The first kappa shape index (κ1) is 13.3. The molecule has 0 fully saturated rings. The number of halogens is 1. The second kappa shape index (κ2) is 6.74. The van der Waals surface area contributed by atoms with Gasteiger partial charge in [0.2, 0.25) is 0 Å². The van der Waals surface area contributed by atoms with E-state index < -0.39 is 0 Å². The van der Waals surface area contributed by atoms with Gasteiger partial charge in [-0.15, -0.1) is 0 Å². The number of aromatic nitrogens is 1. The summed E-state index contributed by atoms with van der Waals surface area (Å²) in [5.74, 6) is 0.784. The molecule has 3 nitrogen and oxygen atoms in total. The lowest BCUT2D eigenvalue weighted by atomic mass is 10.1. The number of hydrogen-bond donors (Lipinski definition) is 2. The highest BCUT2D eigenvalue weighted by Gasteiger charge is 2.05. The van der Waals surface area contributed by atoms with E-state index in [1.165, 1.54) is 19.3 Å².